The molecule has 0 unspecified atom stereocenters. The van der Waals surface area contributed by atoms with Crippen molar-refractivity contribution in [2.24, 2.45) is 0 Å². The first-order chi connectivity index (χ1) is 9.08. The van der Waals surface area contributed by atoms with E-state index in [9.17, 15) is 4.79 Å². The van der Waals surface area contributed by atoms with E-state index in [-0.39, 0.29) is 18.7 Å². The number of aryl methyl sites for hydroxylation is 1. The van der Waals surface area contributed by atoms with Gasteiger partial charge in [-0.25, -0.2) is 0 Å². The molecule has 1 amide bonds. The summed E-state index contributed by atoms with van der Waals surface area (Å²) in [5.41, 5.74) is 1.99. The molecule has 0 saturated heterocycles. The molecule has 0 fully saturated rings. The van der Waals surface area contributed by atoms with Crippen molar-refractivity contribution in [3.63, 3.8) is 0 Å². The lowest BCUT2D eigenvalue weighted by atomic mass is 10.0. The summed E-state index contributed by atoms with van der Waals surface area (Å²) in [5.74, 6) is 0.611. The molecule has 0 aliphatic heterocycles. The minimum absolute atomic E-state index is 0.116. The molecule has 0 radical (unpaired) electrons. The van der Waals surface area contributed by atoms with Crippen molar-refractivity contribution in [3.8, 4) is 5.75 Å². The molecule has 0 bridgehead atoms. The number of ether oxygens (including phenoxy) is 3. The van der Waals surface area contributed by atoms with Gasteiger partial charge in [0.2, 0.25) is 5.91 Å². The van der Waals surface area contributed by atoms with Crippen LogP contribution in [0.15, 0.2) is 18.2 Å². The zero-order valence-electron chi connectivity index (χ0n) is 11.9. The van der Waals surface area contributed by atoms with Crippen LogP contribution < -0.4 is 10.1 Å². The standard InChI is InChI=1S/C14H21NO4/c1-10-5-6-14(18-4)12(7-10)13(15-11(2)16)8-19-9-17-3/h5-7,13H,8-9H2,1-4H3,(H,15,16)/t13-/m1/s1. The van der Waals surface area contributed by atoms with Crippen molar-refractivity contribution in [2.75, 3.05) is 27.6 Å². The maximum absolute atomic E-state index is 11.3. The molecule has 0 heterocycles. The van der Waals surface area contributed by atoms with Crippen LogP contribution in [0.1, 0.15) is 24.1 Å². The maximum Gasteiger partial charge on any atom is 0.217 e. The molecule has 106 valence electrons. The Morgan fingerprint density at radius 1 is 1.37 bits per heavy atom. The lowest BCUT2D eigenvalue weighted by Crippen LogP contribution is -2.30. The van der Waals surface area contributed by atoms with Crippen molar-refractivity contribution in [3.05, 3.63) is 29.3 Å². The number of hydrogen-bond acceptors (Lipinski definition) is 4. The number of methoxy groups -OCH3 is 2. The third-order valence-electron chi connectivity index (χ3n) is 2.62. The third kappa shape index (κ3) is 4.89. The van der Waals surface area contributed by atoms with Crippen LogP contribution in [-0.2, 0) is 14.3 Å². The Bertz CT molecular complexity index is 420. The third-order valence-corrected chi connectivity index (χ3v) is 2.62. The molecule has 5 heteroatoms. The van der Waals surface area contributed by atoms with Crippen molar-refractivity contribution < 1.29 is 19.0 Å². The summed E-state index contributed by atoms with van der Waals surface area (Å²) < 4.78 is 15.5. The molecule has 0 aliphatic carbocycles. The molecule has 5 nitrogen and oxygen atoms in total. The highest BCUT2D eigenvalue weighted by Crippen LogP contribution is 2.26. The highest BCUT2D eigenvalue weighted by molar-refractivity contribution is 5.73. The molecule has 0 aliphatic rings. The van der Waals surface area contributed by atoms with Crippen molar-refractivity contribution in [1.29, 1.82) is 0 Å². The van der Waals surface area contributed by atoms with Gasteiger partial charge < -0.3 is 19.5 Å². The summed E-state index contributed by atoms with van der Waals surface area (Å²) in [5, 5.41) is 2.86. The zero-order valence-corrected chi connectivity index (χ0v) is 11.9. The lowest BCUT2D eigenvalue weighted by Gasteiger charge is -2.21. The summed E-state index contributed by atoms with van der Waals surface area (Å²) >= 11 is 0. The van der Waals surface area contributed by atoms with Crippen LogP contribution in [0, 0.1) is 6.92 Å². The van der Waals surface area contributed by atoms with Gasteiger partial charge in [0.05, 0.1) is 19.8 Å². The second-order valence-corrected chi connectivity index (χ2v) is 4.28. The Kier molecular flexibility index (Phi) is 6.32. The molecular weight excluding hydrogens is 246 g/mol. The van der Waals surface area contributed by atoms with E-state index in [1.807, 2.05) is 25.1 Å². The maximum atomic E-state index is 11.3. The average molecular weight is 267 g/mol. The molecule has 0 saturated carbocycles. The van der Waals surface area contributed by atoms with Gasteiger partial charge in [-0.1, -0.05) is 17.7 Å². The fourth-order valence-electron chi connectivity index (χ4n) is 1.83. The first-order valence-corrected chi connectivity index (χ1v) is 6.06. The minimum Gasteiger partial charge on any atom is -0.496 e. The molecule has 0 aromatic heterocycles. The first-order valence-electron chi connectivity index (χ1n) is 6.06. The van der Waals surface area contributed by atoms with Gasteiger partial charge >= 0.3 is 0 Å². The second-order valence-electron chi connectivity index (χ2n) is 4.28. The molecule has 1 aromatic rings. The van der Waals surface area contributed by atoms with Crippen LogP contribution in [0.25, 0.3) is 0 Å². The van der Waals surface area contributed by atoms with Gasteiger partial charge in [0.15, 0.2) is 0 Å². The minimum atomic E-state index is -0.262. The predicted octanol–water partition coefficient (Wildman–Crippen LogP) is 1.80. The van der Waals surface area contributed by atoms with Crippen LogP contribution in [0.5, 0.6) is 5.75 Å². The van der Waals surface area contributed by atoms with Crippen LogP contribution in [0.2, 0.25) is 0 Å². The van der Waals surface area contributed by atoms with E-state index in [0.717, 1.165) is 16.9 Å². The number of carbonyl (C=O) groups excluding carboxylic acids is 1. The summed E-state index contributed by atoms with van der Waals surface area (Å²) in [4.78, 5) is 11.3. The Labute approximate surface area is 113 Å². The molecular formula is C14H21NO4. The van der Waals surface area contributed by atoms with Crippen molar-refractivity contribution >= 4 is 5.91 Å². The molecule has 1 rings (SSSR count). The average Bonchev–Trinajstić information content (AvgIpc) is 2.37. The fourth-order valence-corrected chi connectivity index (χ4v) is 1.83. The van der Waals surface area contributed by atoms with Gasteiger partial charge in [0.25, 0.3) is 0 Å². The van der Waals surface area contributed by atoms with Crippen LogP contribution in [0.3, 0.4) is 0 Å². The number of benzene rings is 1. The number of rotatable bonds is 7. The molecule has 19 heavy (non-hydrogen) atoms. The Morgan fingerprint density at radius 3 is 2.68 bits per heavy atom. The van der Waals surface area contributed by atoms with Gasteiger partial charge in [-0.2, -0.15) is 0 Å². The number of amides is 1. The Balaban J connectivity index is 2.94. The van der Waals surface area contributed by atoms with E-state index < -0.39 is 0 Å². The van der Waals surface area contributed by atoms with E-state index in [1.54, 1.807) is 14.2 Å². The van der Waals surface area contributed by atoms with Crippen molar-refractivity contribution in [2.45, 2.75) is 19.9 Å². The summed E-state index contributed by atoms with van der Waals surface area (Å²) in [6.45, 7) is 3.98. The number of carbonyl (C=O) groups is 1. The normalized spacial score (nSPS) is 12.0. The molecule has 1 aromatic carbocycles. The predicted molar refractivity (Wildman–Crippen MR) is 72.1 cm³/mol. The highest BCUT2D eigenvalue weighted by atomic mass is 16.7. The van der Waals surface area contributed by atoms with Gasteiger partial charge in [0, 0.05) is 19.6 Å². The molecule has 1 atom stereocenters. The SMILES string of the molecule is COCOC[C@@H](NC(C)=O)c1cc(C)ccc1OC. The summed E-state index contributed by atoms with van der Waals surface area (Å²) in [6, 6.07) is 5.57. The second kappa shape index (κ2) is 7.76. The van der Waals surface area contributed by atoms with Gasteiger partial charge in [-0.15, -0.1) is 0 Å². The van der Waals surface area contributed by atoms with Gasteiger partial charge in [-0.3, -0.25) is 4.79 Å². The van der Waals surface area contributed by atoms with Gasteiger partial charge in [0.1, 0.15) is 12.5 Å². The number of nitrogens with one attached hydrogen (secondary N) is 1. The zero-order chi connectivity index (χ0) is 14.3. The number of hydrogen-bond donors (Lipinski definition) is 1. The Morgan fingerprint density at radius 2 is 2.11 bits per heavy atom. The van der Waals surface area contributed by atoms with E-state index >= 15 is 0 Å². The van der Waals surface area contributed by atoms with Gasteiger partial charge in [-0.05, 0) is 13.0 Å². The molecule has 0 spiro atoms. The van der Waals surface area contributed by atoms with Crippen LogP contribution >= 0.6 is 0 Å². The molecule has 1 N–H and O–H groups in total. The smallest absolute Gasteiger partial charge is 0.217 e. The highest BCUT2D eigenvalue weighted by Gasteiger charge is 2.17. The first kappa shape index (κ1) is 15.5. The largest absolute Gasteiger partial charge is 0.496 e. The van der Waals surface area contributed by atoms with Crippen LogP contribution in [-0.4, -0.2) is 33.5 Å². The summed E-state index contributed by atoms with van der Waals surface area (Å²) in [7, 11) is 3.16. The van der Waals surface area contributed by atoms with Crippen molar-refractivity contribution in [1.82, 2.24) is 5.32 Å². The van der Waals surface area contributed by atoms with E-state index in [2.05, 4.69) is 5.32 Å². The van der Waals surface area contributed by atoms with E-state index in [1.165, 1.54) is 6.92 Å². The Hall–Kier alpha value is -1.59. The van der Waals surface area contributed by atoms with E-state index in [0.29, 0.717) is 6.61 Å². The quantitative estimate of drug-likeness (QED) is 0.604. The van der Waals surface area contributed by atoms with E-state index in [4.69, 9.17) is 14.2 Å². The van der Waals surface area contributed by atoms with Crippen LogP contribution in [0.4, 0.5) is 0 Å². The summed E-state index contributed by atoms with van der Waals surface area (Å²) in [6.07, 6.45) is 0. The lowest BCUT2D eigenvalue weighted by molar-refractivity contribution is -0.120. The topological polar surface area (TPSA) is 56.8 Å². The monoisotopic (exact) mass is 267 g/mol. The fraction of sp³-hybridized carbons (Fsp3) is 0.500.